The molecule has 0 aliphatic rings. The topological polar surface area (TPSA) is 0 Å². The molecule has 0 amide bonds. The van der Waals surface area contributed by atoms with Gasteiger partial charge in [0.05, 0.1) is 0 Å². The van der Waals surface area contributed by atoms with Crippen LogP contribution >= 0.6 is 0 Å². The number of hydrogen-bond donors (Lipinski definition) is 0. The lowest BCUT2D eigenvalue weighted by atomic mass is 9.70. The lowest BCUT2D eigenvalue weighted by Crippen LogP contribution is -2.27. The van der Waals surface area contributed by atoms with Crippen LogP contribution in [0, 0.1) is 35.5 Å². The van der Waals surface area contributed by atoms with Crippen molar-refractivity contribution in [2.45, 2.75) is 114 Å². The molecule has 0 N–H and O–H groups in total. The number of hydrogen-bond acceptors (Lipinski definition) is 0. The Bertz CT molecular complexity index is 336. The highest BCUT2D eigenvalue weighted by Crippen LogP contribution is 2.37. The Hall–Kier alpha value is -0.260. The molecular formula is C25H50. The largest absolute Gasteiger partial charge is 0.0885 e. The molecule has 0 heterocycles. The summed E-state index contributed by atoms with van der Waals surface area (Å²) in [6.07, 6.45) is 13.5. The molecule has 4 atom stereocenters. The minimum Gasteiger partial charge on any atom is -0.0885 e. The fraction of sp³-hybridized carbons (Fsp3) is 0.920. The zero-order valence-corrected chi connectivity index (χ0v) is 19.2. The maximum Gasteiger partial charge on any atom is -0.0206 e. The van der Waals surface area contributed by atoms with Crippen molar-refractivity contribution in [1.29, 1.82) is 0 Å². The first-order chi connectivity index (χ1) is 11.8. The highest BCUT2D eigenvalue weighted by Gasteiger charge is 2.28. The Labute approximate surface area is 161 Å². The molecule has 0 spiro atoms. The lowest BCUT2D eigenvalue weighted by molar-refractivity contribution is 0.148. The van der Waals surface area contributed by atoms with Crippen LogP contribution in [0.4, 0.5) is 0 Å². The van der Waals surface area contributed by atoms with Gasteiger partial charge < -0.3 is 0 Å². The van der Waals surface area contributed by atoms with E-state index in [0.717, 1.165) is 35.5 Å². The van der Waals surface area contributed by atoms with E-state index < -0.39 is 0 Å². The molecule has 0 radical (unpaired) electrons. The summed E-state index contributed by atoms with van der Waals surface area (Å²) < 4.78 is 0. The van der Waals surface area contributed by atoms with Crippen LogP contribution in [-0.2, 0) is 0 Å². The fourth-order valence-corrected chi connectivity index (χ4v) is 4.51. The summed E-state index contributed by atoms with van der Waals surface area (Å²) in [7, 11) is 0. The van der Waals surface area contributed by atoms with Gasteiger partial charge in [0, 0.05) is 0 Å². The van der Waals surface area contributed by atoms with Gasteiger partial charge >= 0.3 is 0 Å². The molecule has 0 nitrogen and oxygen atoms in total. The third-order valence-corrected chi connectivity index (χ3v) is 6.73. The second kappa shape index (κ2) is 13.9. The zero-order valence-electron chi connectivity index (χ0n) is 19.2. The van der Waals surface area contributed by atoms with Crippen LogP contribution < -0.4 is 0 Å². The van der Waals surface area contributed by atoms with Crippen LogP contribution in [0.25, 0.3) is 0 Å². The van der Waals surface area contributed by atoms with E-state index in [1.165, 1.54) is 51.4 Å². The van der Waals surface area contributed by atoms with E-state index >= 15 is 0 Å². The van der Waals surface area contributed by atoms with Crippen LogP contribution in [-0.4, -0.2) is 0 Å². The third kappa shape index (κ3) is 9.86. The Morgan fingerprint density at radius 3 is 1.92 bits per heavy atom. The Morgan fingerprint density at radius 1 is 0.880 bits per heavy atom. The van der Waals surface area contributed by atoms with E-state index in [1.54, 1.807) is 5.57 Å². The molecular weight excluding hydrogens is 300 g/mol. The second-order valence-corrected chi connectivity index (χ2v) is 9.37. The summed E-state index contributed by atoms with van der Waals surface area (Å²) in [6.45, 7) is 21.5. The number of rotatable bonds is 14. The van der Waals surface area contributed by atoms with E-state index in [-0.39, 0.29) is 0 Å². The number of unbranched alkanes of at least 4 members (excludes halogenated alkanes) is 1. The highest BCUT2D eigenvalue weighted by molar-refractivity contribution is 5.01. The van der Waals surface area contributed by atoms with Crippen molar-refractivity contribution in [3.63, 3.8) is 0 Å². The van der Waals surface area contributed by atoms with Gasteiger partial charge in [-0.15, -0.1) is 0 Å². The van der Waals surface area contributed by atoms with Crippen molar-refractivity contribution >= 4 is 0 Å². The number of allylic oxidation sites excluding steroid dienone is 2. The highest BCUT2D eigenvalue weighted by atomic mass is 14.3. The normalized spacial score (nSPS) is 17.8. The first-order valence-corrected chi connectivity index (χ1v) is 11.4. The molecule has 0 aliphatic heterocycles. The molecule has 0 aliphatic carbocycles. The average Bonchev–Trinajstić information content (AvgIpc) is 2.58. The van der Waals surface area contributed by atoms with Gasteiger partial charge in [-0.1, -0.05) is 92.2 Å². The van der Waals surface area contributed by atoms with Gasteiger partial charge in [0.25, 0.3) is 0 Å². The first-order valence-electron chi connectivity index (χ1n) is 11.4. The van der Waals surface area contributed by atoms with Gasteiger partial charge in [-0.3, -0.25) is 0 Å². The molecule has 0 bridgehead atoms. The van der Waals surface area contributed by atoms with Crippen molar-refractivity contribution in [2.75, 3.05) is 0 Å². The summed E-state index contributed by atoms with van der Waals surface area (Å²) in [6, 6.07) is 0. The van der Waals surface area contributed by atoms with Crippen molar-refractivity contribution in [1.82, 2.24) is 0 Å². The molecule has 0 aromatic heterocycles. The second-order valence-electron chi connectivity index (χ2n) is 9.37. The molecule has 0 aromatic rings. The molecule has 0 aromatic carbocycles. The van der Waals surface area contributed by atoms with E-state index in [4.69, 9.17) is 0 Å². The standard InChI is InChI=1S/C25H50/c1-10-13-15-24(21(8)11-2)17-14-16-23(12-3)25(18-19(4)5)22(9)20(6)7/h11,19-20,22-25H,10,12-18H2,1-9H3. The van der Waals surface area contributed by atoms with Crippen LogP contribution in [0.1, 0.15) is 114 Å². The SMILES string of the molecule is CC=C(C)C(CCCC)CCCC(CC)C(CC(C)C)C(C)C(C)C. The summed E-state index contributed by atoms with van der Waals surface area (Å²) in [5.41, 5.74) is 1.62. The average molecular weight is 351 g/mol. The summed E-state index contributed by atoms with van der Waals surface area (Å²) in [5.74, 6) is 5.12. The van der Waals surface area contributed by atoms with Gasteiger partial charge in [0.1, 0.15) is 0 Å². The molecule has 0 heteroatoms. The summed E-state index contributed by atoms with van der Waals surface area (Å²) in [4.78, 5) is 0. The minimum absolute atomic E-state index is 0.806. The molecule has 0 saturated carbocycles. The Kier molecular flexibility index (Phi) is 13.7. The van der Waals surface area contributed by atoms with Crippen molar-refractivity contribution < 1.29 is 0 Å². The van der Waals surface area contributed by atoms with Crippen molar-refractivity contribution in [2.24, 2.45) is 35.5 Å². The Balaban J connectivity index is 4.80. The van der Waals surface area contributed by atoms with Gasteiger partial charge in [-0.05, 0) is 68.6 Å². The smallest absolute Gasteiger partial charge is 0.0206 e. The van der Waals surface area contributed by atoms with E-state index in [0.29, 0.717) is 0 Å². The molecule has 0 fully saturated rings. The molecule has 25 heavy (non-hydrogen) atoms. The minimum atomic E-state index is 0.806. The summed E-state index contributed by atoms with van der Waals surface area (Å²) >= 11 is 0. The molecule has 150 valence electrons. The maximum absolute atomic E-state index is 2.51. The van der Waals surface area contributed by atoms with Gasteiger partial charge in [0.2, 0.25) is 0 Å². The molecule has 0 saturated heterocycles. The monoisotopic (exact) mass is 350 g/mol. The Morgan fingerprint density at radius 2 is 1.48 bits per heavy atom. The van der Waals surface area contributed by atoms with Crippen LogP contribution in [0.15, 0.2) is 11.6 Å². The van der Waals surface area contributed by atoms with E-state index in [2.05, 4.69) is 68.4 Å². The van der Waals surface area contributed by atoms with Gasteiger partial charge in [-0.2, -0.15) is 0 Å². The summed E-state index contributed by atoms with van der Waals surface area (Å²) in [5, 5.41) is 0. The van der Waals surface area contributed by atoms with Crippen molar-refractivity contribution in [3.05, 3.63) is 11.6 Å². The zero-order chi connectivity index (χ0) is 19.4. The predicted octanol–water partition coefficient (Wildman–Crippen LogP) is 8.91. The van der Waals surface area contributed by atoms with Gasteiger partial charge in [0.15, 0.2) is 0 Å². The van der Waals surface area contributed by atoms with Crippen LogP contribution in [0.3, 0.4) is 0 Å². The fourth-order valence-electron chi connectivity index (χ4n) is 4.51. The molecule has 0 rings (SSSR count). The third-order valence-electron chi connectivity index (χ3n) is 6.73. The van der Waals surface area contributed by atoms with Crippen molar-refractivity contribution in [3.8, 4) is 0 Å². The predicted molar refractivity (Wildman–Crippen MR) is 117 cm³/mol. The van der Waals surface area contributed by atoms with Gasteiger partial charge in [-0.25, -0.2) is 0 Å². The van der Waals surface area contributed by atoms with Crippen LogP contribution in [0.2, 0.25) is 0 Å². The quantitative estimate of drug-likeness (QED) is 0.274. The maximum atomic E-state index is 2.51. The van der Waals surface area contributed by atoms with E-state index in [9.17, 15) is 0 Å². The first kappa shape index (κ1) is 24.7. The lowest BCUT2D eigenvalue weighted by Gasteiger charge is -2.35. The van der Waals surface area contributed by atoms with E-state index in [1.807, 2.05) is 0 Å². The van der Waals surface area contributed by atoms with Crippen LogP contribution in [0.5, 0.6) is 0 Å². The molecule has 4 unspecified atom stereocenters.